The quantitative estimate of drug-likeness (QED) is 0.187. The van der Waals surface area contributed by atoms with Crippen molar-refractivity contribution < 1.29 is 29.0 Å². The Labute approximate surface area is 264 Å². The maximum Gasteiger partial charge on any atom is 0.408 e. The Balaban J connectivity index is 1.50. The van der Waals surface area contributed by atoms with Gasteiger partial charge in [-0.3, -0.25) is 14.4 Å². The van der Waals surface area contributed by atoms with Gasteiger partial charge in [-0.1, -0.05) is 86.6 Å². The van der Waals surface area contributed by atoms with Crippen LogP contribution in [0.15, 0.2) is 72.8 Å². The van der Waals surface area contributed by atoms with E-state index in [-0.39, 0.29) is 37.4 Å². The zero-order valence-electron chi connectivity index (χ0n) is 26.0. The Morgan fingerprint density at radius 3 is 2.36 bits per heavy atom. The van der Waals surface area contributed by atoms with Gasteiger partial charge in [-0.05, 0) is 53.5 Å². The molecule has 3 aromatic rings. The lowest BCUT2D eigenvalue weighted by molar-refractivity contribution is -0.131. The van der Waals surface area contributed by atoms with E-state index in [2.05, 4.69) is 21.3 Å². The van der Waals surface area contributed by atoms with E-state index in [0.29, 0.717) is 25.8 Å². The molecule has 3 aromatic carbocycles. The highest BCUT2D eigenvalue weighted by molar-refractivity contribution is 5.92. The van der Waals surface area contributed by atoms with Crippen LogP contribution in [0.25, 0.3) is 10.8 Å². The molecule has 10 nitrogen and oxygen atoms in total. The Bertz CT molecular complexity index is 1440. The fourth-order valence-corrected chi connectivity index (χ4v) is 5.67. The lowest BCUT2D eigenvalue weighted by atomic mass is 9.91. The van der Waals surface area contributed by atoms with Gasteiger partial charge in [0.05, 0.1) is 12.6 Å². The van der Waals surface area contributed by atoms with Gasteiger partial charge in [0.15, 0.2) is 0 Å². The lowest BCUT2D eigenvalue weighted by Gasteiger charge is -2.28. The van der Waals surface area contributed by atoms with Crippen LogP contribution in [-0.2, 0) is 32.1 Å². The Morgan fingerprint density at radius 2 is 1.62 bits per heavy atom. The van der Waals surface area contributed by atoms with Gasteiger partial charge in [0, 0.05) is 18.9 Å². The van der Waals surface area contributed by atoms with Crippen LogP contribution in [0.5, 0.6) is 0 Å². The number of nitrogens with one attached hydrogen (secondary N) is 4. The predicted octanol–water partition coefficient (Wildman–Crippen LogP) is 3.60. The van der Waals surface area contributed by atoms with Crippen molar-refractivity contribution in [2.75, 3.05) is 13.2 Å². The molecular weight excluding hydrogens is 572 g/mol. The molecule has 1 heterocycles. The Morgan fingerprint density at radius 1 is 0.911 bits per heavy atom. The molecule has 0 unspecified atom stereocenters. The average Bonchev–Trinajstić information content (AvgIpc) is 3.04. The highest BCUT2D eigenvalue weighted by Crippen LogP contribution is 2.21. The van der Waals surface area contributed by atoms with Gasteiger partial charge in [0.1, 0.15) is 18.7 Å². The van der Waals surface area contributed by atoms with Crippen molar-refractivity contribution in [3.63, 3.8) is 0 Å². The number of aliphatic hydroxyl groups excluding tert-OH is 1. The van der Waals surface area contributed by atoms with Crippen LogP contribution in [0.3, 0.4) is 0 Å². The van der Waals surface area contributed by atoms with Gasteiger partial charge in [0.2, 0.25) is 17.7 Å². The molecular formula is C35H44N4O6. The minimum atomic E-state index is -1.04. The SMILES string of the molecule is CC(C)C[C@H](NC(=O)[C@H](Cc1cccc2ccccc12)NC(=O)OCc1ccccc1)C(=O)N[C@H](CO)C[C@@H]1CCCNC1=O. The normalized spacial score (nSPS) is 16.7. The second kappa shape index (κ2) is 16.6. The van der Waals surface area contributed by atoms with Crippen molar-refractivity contribution >= 4 is 34.6 Å². The third kappa shape index (κ3) is 10.0. The van der Waals surface area contributed by atoms with Gasteiger partial charge >= 0.3 is 6.09 Å². The molecule has 45 heavy (non-hydrogen) atoms. The second-order valence-corrected chi connectivity index (χ2v) is 12.0. The van der Waals surface area contributed by atoms with Crippen molar-refractivity contribution in [1.29, 1.82) is 0 Å². The van der Waals surface area contributed by atoms with Gasteiger partial charge in [0.25, 0.3) is 0 Å². The average molecular weight is 617 g/mol. The van der Waals surface area contributed by atoms with Crippen LogP contribution in [0.4, 0.5) is 4.79 Å². The van der Waals surface area contributed by atoms with E-state index in [1.54, 1.807) is 0 Å². The molecule has 1 fully saturated rings. The largest absolute Gasteiger partial charge is 0.445 e. The van der Waals surface area contributed by atoms with Crippen LogP contribution in [-0.4, -0.2) is 60.2 Å². The minimum absolute atomic E-state index is 0.0369. The van der Waals surface area contributed by atoms with Crippen molar-refractivity contribution in [2.45, 2.75) is 70.7 Å². The van der Waals surface area contributed by atoms with Crippen molar-refractivity contribution in [3.05, 3.63) is 83.9 Å². The summed E-state index contributed by atoms with van der Waals surface area (Å²) in [6.07, 6.45) is 1.57. The number of amides is 4. The third-order valence-electron chi connectivity index (χ3n) is 8.00. The summed E-state index contributed by atoms with van der Waals surface area (Å²) in [5, 5.41) is 23.2. The molecule has 0 aliphatic carbocycles. The summed E-state index contributed by atoms with van der Waals surface area (Å²) in [6, 6.07) is 20.2. The molecule has 4 rings (SSSR count). The number of fused-ring (bicyclic) bond motifs is 1. The standard InChI is InChI=1S/C35H44N4O6/c1-23(2)18-30(33(42)37-28(21-40)19-27-15-9-17-36-32(27)41)38-34(43)31(39-35(44)45-22-24-10-4-3-5-11-24)20-26-14-8-13-25-12-6-7-16-29(25)26/h3-8,10-14,16,23,27-28,30-31,40H,9,15,17-22H2,1-2H3,(H,36,41)(H,37,42)(H,38,43)(H,39,44)/t27-,28-,30-,31-/m0/s1. The number of piperidine rings is 1. The fourth-order valence-electron chi connectivity index (χ4n) is 5.67. The molecule has 240 valence electrons. The van der Waals surface area contributed by atoms with Crippen LogP contribution in [0, 0.1) is 11.8 Å². The first-order chi connectivity index (χ1) is 21.7. The third-order valence-corrected chi connectivity index (χ3v) is 8.00. The molecule has 10 heteroatoms. The maximum atomic E-state index is 13.8. The number of carbonyl (C=O) groups is 4. The van der Waals surface area contributed by atoms with E-state index in [0.717, 1.165) is 28.3 Å². The number of aliphatic hydroxyl groups is 1. The van der Waals surface area contributed by atoms with E-state index in [1.165, 1.54) is 0 Å². The first-order valence-electron chi connectivity index (χ1n) is 15.7. The molecule has 0 bridgehead atoms. The van der Waals surface area contributed by atoms with Crippen LogP contribution in [0.1, 0.15) is 50.7 Å². The highest BCUT2D eigenvalue weighted by Gasteiger charge is 2.31. The number of hydrogen-bond acceptors (Lipinski definition) is 6. The molecule has 1 aliphatic rings. The van der Waals surface area contributed by atoms with E-state index < -0.39 is 36.0 Å². The van der Waals surface area contributed by atoms with Gasteiger partial charge in [-0.15, -0.1) is 0 Å². The number of alkyl carbamates (subject to hydrolysis) is 1. The zero-order valence-corrected chi connectivity index (χ0v) is 26.0. The van der Waals surface area contributed by atoms with Crippen molar-refractivity contribution in [1.82, 2.24) is 21.3 Å². The summed E-state index contributed by atoms with van der Waals surface area (Å²) in [4.78, 5) is 52.5. The summed E-state index contributed by atoms with van der Waals surface area (Å²) in [6.45, 7) is 4.21. The summed E-state index contributed by atoms with van der Waals surface area (Å²) in [5.74, 6) is -1.32. The van der Waals surface area contributed by atoms with E-state index in [1.807, 2.05) is 86.6 Å². The minimum Gasteiger partial charge on any atom is -0.445 e. The topological polar surface area (TPSA) is 146 Å². The number of ether oxygens (including phenoxy) is 1. The fraction of sp³-hybridized carbons (Fsp3) is 0.429. The second-order valence-electron chi connectivity index (χ2n) is 12.0. The monoisotopic (exact) mass is 616 g/mol. The Kier molecular flexibility index (Phi) is 12.3. The van der Waals surface area contributed by atoms with Crippen LogP contribution >= 0.6 is 0 Å². The first kappa shape index (κ1) is 33.5. The molecule has 4 amide bonds. The van der Waals surface area contributed by atoms with Crippen LogP contribution < -0.4 is 21.3 Å². The zero-order chi connectivity index (χ0) is 32.2. The summed E-state index contributed by atoms with van der Waals surface area (Å²) < 4.78 is 5.43. The molecule has 1 aliphatic heterocycles. The van der Waals surface area contributed by atoms with Gasteiger partial charge in [-0.25, -0.2) is 4.79 Å². The summed E-state index contributed by atoms with van der Waals surface area (Å²) in [7, 11) is 0. The molecule has 4 atom stereocenters. The summed E-state index contributed by atoms with van der Waals surface area (Å²) in [5.41, 5.74) is 1.66. The first-order valence-corrected chi connectivity index (χ1v) is 15.7. The van der Waals surface area contributed by atoms with Crippen molar-refractivity contribution in [3.8, 4) is 0 Å². The number of benzene rings is 3. The van der Waals surface area contributed by atoms with E-state index in [4.69, 9.17) is 4.74 Å². The maximum absolute atomic E-state index is 13.8. The van der Waals surface area contributed by atoms with E-state index in [9.17, 15) is 24.3 Å². The molecule has 0 radical (unpaired) electrons. The molecule has 5 N–H and O–H groups in total. The number of rotatable bonds is 14. The van der Waals surface area contributed by atoms with Crippen LogP contribution in [0.2, 0.25) is 0 Å². The van der Waals surface area contributed by atoms with Crippen molar-refractivity contribution in [2.24, 2.45) is 11.8 Å². The molecule has 0 aromatic heterocycles. The Hall–Kier alpha value is -4.44. The molecule has 0 spiro atoms. The van der Waals surface area contributed by atoms with Gasteiger partial charge in [-0.2, -0.15) is 0 Å². The van der Waals surface area contributed by atoms with Gasteiger partial charge < -0.3 is 31.1 Å². The number of hydrogen-bond donors (Lipinski definition) is 5. The smallest absolute Gasteiger partial charge is 0.408 e. The van der Waals surface area contributed by atoms with E-state index >= 15 is 0 Å². The summed E-state index contributed by atoms with van der Waals surface area (Å²) >= 11 is 0. The number of carbonyl (C=O) groups excluding carboxylic acids is 4. The highest BCUT2D eigenvalue weighted by atomic mass is 16.5. The predicted molar refractivity (Wildman–Crippen MR) is 172 cm³/mol. The lowest BCUT2D eigenvalue weighted by Crippen LogP contribution is -2.56. The molecule has 1 saturated heterocycles. The molecule has 0 saturated carbocycles.